The minimum atomic E-state index is -0.318. The Kier molecular flexibility index (Phi) is 3.92. The van der Waals surface area contributed by atoms with E-state index in [0.717, 1.165) is 29.8 Å². The van der Waals surface area contributed by atoms with Gasteiger partial charge in [0.15, 0.2) is 0 Å². The van der Waals surface area contributed by atoms with Gasteiger partial charge in [-0.3, -0.25) is 10.1 Å². The van der Waals surface area contributed by atoms with Crippen molar-refractivity contribution in [3.05, 3.63) is 34.4 Å². The van der Waals surface area contributed by atoms with Crippen molar-refractivity contribution in [3.8, 4) is 0 Å². The first-order valence-electron chi connectivity index (χ1n) is 7.53. The molecule has 3 rings (SSSR count). The minimum Gasteiger partial charge on any atom is -0.357 e. The van der Waals surface area contributed by atoms with Crippen molar-refractivity contribution in [1.82, 2.24) is 0 Å². The van der Waals surface area contributed by atoms with Gasteiger partial charge in [-0.2, -0.15) is 0 Å². The largest absolute Gasteiger partial charge is 0.357 e. The summed E-state index contributed by atoms with van der Waals surface area (Å²) < 4.78 is 1.16. The molecule has 0 bridgehead atoms. The summed E-state index contributed by atoms with van der Waals surface area (Å²) >= 11 is 3.86. The summed E-state index contributed by atoms with van der Waals surface area (Å²) in [7, 11) is 0. The number of nitro benzene ring substituents is 1. The van der Waals surface area contributed by atoms with E-state index in [0.29, 0.717) is 11.0 Å². The molecule has 0 aromatic heterocycles. The number of hydrogen-bond donors (Lipinski definition) is 0. The van der Waals surface area contributed by atoms with Gasteiger partial charge in [-0.1, -0.05) is 6.07 Å². The maximum Gasteiger partial charge on any atom is 0.271 e. The average Bonchev–Trinajstić information content (AvgIpc) is 2.80. The standard InChI is InChI=1S/C15H21BrN3O2/c1-12-11-19(8-3-6-15(19)16)9-7-17(12)13-4-2-5-14(10-13)18(20)21/h2,4-5,10,12,15H,3,6-9,11H2,1H3/q+1. The Bertz CT molecular complexity index is 553. The zero-order valence-electron chi connectivity index (χ0n) is 12.2. The van der Waals surface area contributed by atoms with Gasteiger partial charge in [0.25, 0.3) is 5.69 Å². The van der Waals surface area contributed by atoms with E-state index in [9.17, 15) is 10.1 Å². The van der Waals surface area contributed by atoms with E-state index in [4.69, 9.17) is 0 Å². The van der Waals surface area contributed by atoms with E-state index in [1.807, 2.05) is 6.07 Å². The van der Waals surface area contributed by atoms with Crippen LogP contribution in [0.25, 0.3) is 0 Å². The van der Waals surface area contributed by atoms with Crippen molar-refractivity contribution < 1.29 is 9.41 Å². The van der Waals surface area contributed by atoms with Crippen molar-refractivity contribution in [1.29, 1.82) is 0 Å². The van der Waals surface area contributed by atoms with Crippen molar-refractivity contribution in [2.24, 2.45) is 0 Å². The highest BCUT2D eigenvalue weighted by molar-refractivity contribution is 9.09. The predicted molar refractivity (Wildman–Crippen MR) is 86.7 cm³/mol. The van der Waals surface area contributed by atoms with Crippen LogP contribution in [-0.2, 0) is 0 Å². The molecular formula is C15H21BrN3O2+. The average molecular weight is 355 g/mol. The number of nitro groups is 1. The lowest BCUT2D eigenvalue weighted by Gasteiger charge is -2.48. The lowest BCUT2D eigenvalue weighted by molar-refractivity contribution is -0.927. The van der Waals surface area contributed by atoms with Crippen LogP contribution < -0.4 is 4.90 Å². The lowest BCUT2D eigenvalue weighted by Crippen LogP contribution is -2.63. The number of alkyl halides is 1. The first-order valence-corrected chi connectivity index (χ1v) is 8.44. The smallest absolute Gasteiger partial charge is 0.271 e. The SMILES string of the molecule is CC1C[N+]2(CCCC2Br)CCN1c1cccc([N+](=O)[O-])c1. The second-order valence-electron chi connectivity index (χ2n) is 6.24. The van der Waals surface area contributed by atoms with Crippen LogP contribution in [-0.4, -0.2) is 46.6 Å². The van der Waals surface area contributed by atoms with E-state index in [1.54, 1.807) is 18.2 Å². The molecule has 2 aliphatic heterocycles. The third-order valence-electron chi connectivity index (χ3n) is 4.96. The van der Waals surface area contributed by atoms with Crippen LogP contribution >= 0.6 is 15.9 Å². The molecule has 1 aromatic rings. The first kappa shape index (κ1) is 14.8. The summed E-state index contributed by atoms with van der Waals surface area (Å²) in [5.41, 5.74) is 1.15. The lowest BCUT2D eigenvalue weighted by atomic mass is 10.1. The van der Waals surface area contributed by atoms with Crippen LogP contribution in [0.1, 0.15) is 19.8 Å². The maximum absolute atomic E-state index is 10.9. The Morgan fingerprint density at radius 3 is 2.86 bits per heavy atom. The van der Waals surface area contributed by atoms with E-state index < -0.39 is 0 Å². The van der Waals surface area contributed by atoms with Crippen molar-refractivity contribution in [3.63, 3.8) is 0 Å². The minimum absolute atomic E-state index is 0.175. The molecular weight excluding hydrogens is 334 g/mol. The quantitative estimate of drug-likeness (QED) is 0.269. The number of quaternary nitrogens is 1. The van der Waals surface area contributed by atoms with E-state index >= 15 is 0 Å². The molecule has 2 fully saturated rings. The summed E-state index contributed by atoms with van der Waals surface area (Å²) in [6.07, 6.45) is 2.54. The number of piperazine rings is 1. The van der Waals surface area contributed by atoms with Crippen LogP contribution in [0.3, 0.4) is 0 Å². The Morgan fingerprint density at radius 1 is 1.43 bits per heavy atom. The second-order valence-corrected chi connectivity index (χ2v) is 7.30. The molecule has 2 aliphatic rings. The summed E-state index contributed by atoms with van der Waals surface area (Å²) in [5.74, 6) is 0. The van der Waals surface area contributed by atoms with E-state index in [-0.39, 0.29) is 10.6 Å². The predicted octanol–water partition coefficient (Wildman–Crippen LogP) is 3.13. The molecule has 0 radical (unpaired) electrons. The van der Waals surface area contributed by atoms with E-state index in [2.05, 4.69) is 27.8 Å². The van der Waals surface area contributed by atoms with Gasteiger partial charge in [-0.15, -0.1) is 0 Å². The molecule has 1 spiro atoms. The number of benzene rings is 1. The molecule has 3 atom stereocenters. The third-order valence-corrected chi connectivity index (χ3v) is 6.28. The van der Waals surface area contributed by atoms with Crippen LogP contribution in [0.5, 0.6) is 0 Å². The van der Waals surface area contributed by atoms with Crippen LogP contribution in [0.2, 0.25) is 0 Å². The van der Waals surface area contributed by atoms with Gasteiger partial charge >= 0.3 is 0 Å². The summed E-state index contributed by atoms with van der Waals surface area (Å²) in [6, 6.07) is 7.42. The molecule has 2 heterocycles. The molecule has 3 unspecified atom stereocenters. The van der Waals surface area contributed by atoms with Gasteiger partial charge in [-0.05, 0) is 28.9 Å². The van der Waals surface area contributed by atoms with Crippen molar-refractivity contribution in [2.75, 3.05) is 31.1 Å². The molecule has 114 valence electrons. The highest BCUT2D eigenvalue weighted by Gasteiger charge is 2.45. The molecule has 0 N–H and O–H groups in total. The molecule has 0 saturated carbocycles. The van der Waals surface area contributed by atoms with Crippen LogP contribution in [0.15, 0.2) is 24.3 Å². The first-order chi connectivity index (χ1) is 10.0. The van der Waals surface area contributed by atoms with Crippen molar-refractivity contribution in [2.45, 2.75) is 30.8 Å². The zero-order valence-corrected chi connectivity index (χ0v) is 13.8. The van der Waals surface area contributed by atoms with Gasteiger partial charge in [0.05, 0.1) is 37.1 Å². The van der Waals surface area contributed by atoms with Crippen LogP contribution in [0, 0.1) is 10.1 Å². The Balaban J connectivity index is 1.79. The fourth-order valence-corrected chi connectivity index (χ4v) is 4.76. The summed E-state index contributed by atoms with van der Waals surface area (Å²) in [5, 5.41) is 10.9. The molecule has 6 heteroatoms. The maximum atomic E-state index is 10.9. The zero-order chi connectivity index (χ0) is 15.0. The number of anilines is 1. The molecule has 0 aliphatic carbocycles. The third kappa shape index (κ3) is 2.66. The highest BCUT2D eigenvalue weighted by atomic mass is 79.9. The Hall–Kier alpha value is -1.14. The number of halogens is 1. The molecule has 21 heavy (non-hydrogen) atoms. The number of rotatable bonds is 2. The van der Waals surface area contributed by atoms with E-state index in [1.165, 1.54) is 19.4 Å². The van der Waals surface area contributed by atoms with Gasteiger partial charge in [-0.25, -0.2) is 0 Å². The Labute approximate surface area is 133 Å². The van der Waals surface area contributed by atoms with Crippen molar-refractivity contribution >= 4 is 27.3 Å². The van der Waals surface area contributed by atoms with Gasteiger partial charge in [0, 0.05) is 30.7 Å². The summed E-state index contributed by atoms with van der Waals surface area (Å²) in [6.45, 7) is 6.67. The molecule has 0 amide bonds. The van der Waals surface area contributed by atoms with Gasteiger partial charge in [0.2, 0.25) is 0 Å². The Morgan fingerprint density at radius 2 is 2.24 bits per heavy atom. The van der Waals surface area contributed by atoms with Gasteiger partial charge < -0.3 is 9.38 Å². The number of nitrogens with zero attached hydrogens (tertiary/aromatic N) is 3. The molecule has 2 saturated heterocycles. The fraction of sp³-hybridized carbons (Fsp3) is 0.600. The monoisotopic (exact) mass is 354 g/mol. The fourth-order valence-electron chi connectivity index (χ4n) is 3.86. The summed E-state index contributed by atoms with van der Waals surface area (Å²) in [4.78, 5) is 13.5. The molecule has 1 aromatic carbocycles. The number of hydrogen-bond acceptors (Lipinski definition) is 3. The second kappa shape index (κ2) is 5.57. The van der Waals surface area contributed by atoms with Crippen LogP contribution in [0.4, 0.5) is 11.4 Å². The highest BCUT2D eigenvalue weighted by Crippen LogP contribution is 2.36. The topological polar surface area (TPSA) is 46.4 Å². The van der Waals surface area contributed by atoms with Gasteiger partial charge in [0.1, 0.15) is 4.95 Å². The molecule has 5 nitrogen and oxygen atoms in total. The number of non-ortho nitro benzene ring substituents is 1. The normalized spacial score (nSPS) is 32.6.